The van der Waals surface area contributed by atoms with Crippen LogP contribution in [0.25, 0.3) is 0 Å². The van der Waals surface area contributed by atoms with Crippen LogP contribution in [0.15, 0.2) is 18.2 Å². The van der Waals surface area contributed by atoms with Crippen LogP contribution in [-0.4, -0.2) is 23.0 Å². The van der Waals surface area contributed by atoms with Crippen molar-refractivity contribution < 1.29 is 19.1 Å². The Bertz CT molecular complexity index is 558. The van der Waals surface area contributed by atoms with Crippen LogP contribution in [0.4, 0.5) is 4.39 Å². The van der Waals surface area contributed by atoms with Crippen molar-refractivity contribution in [3.63, 3.8) is 0 Å². The number of rotatable bonds is 4. The Morgan fingerprint density at radius 2 is 2.24 bits per heavy atom. The van der Waals surface area contributed by atoms with E-state index in [2.05, 4.69) is 5.32 Å². The number of hydrogen-bond donors (Lipinski definition) is 2. The highest BCUT2D eigenvalue weighted by molar-refractivity contribution is 6.31. The molecule has 0 spiro atoms. The van der Waals surface area contributed by atoms with Crippen molar-refractivity contribution in [3.05, 3.63) is 34.6 Å². The normalized spacial score (nSPS) is 24.8. The maximum Gasteiger partial charge on any atom is 0.311 e. The Morgan fingerprint density at radius 3 is 2.86 bits per heavy atom. The SMILES string of the molecule is CC1(C(=O)O)CCCC1NC(=O)Cc1c(F)cccc1Cl. The first-order valence-corrected chi connectivity index (χ1v) is 7.18. The van der Waals surface area contributed by atoms with E-state index in [9.17, 15) is 19.1 Å². The van der Waals surface area contributed by atoms with Gasteiger partial charge >= 0.3 is 5.97 Å². The Hall–Kier alpha value is -1.62. The lowest BCUT2D eigenvalue weighted by molar-refractivity contribution is -0.149. The van der Waals surface area contributed by atoms with Crippen molar-refractivity contribution in [1.29, 1.82) is 0 Å². The maximum absolute atomic E-state index is 13.6. The summed E-state index contributed by atoms with van der Waals surface area (Å²) in [4.78, 5) is 23.4. The maximum atomic E-state index is 13.6. The molecule has 114 valence electrons. The van der Waals surface area contributed by atoms with E-state index < -0.39 is 29.2 Å². The number of carbonyl (C=O) groups excluding carboxylic acids is 1. The van der Waals surface area contributed by atoms with E-state index in [1.807, 2.05) is 0 Å². The second-order valence-electron chi connectivity index (χ2n) is 5.61. The van der Waals surface area contributed by atoms with Gasteiger partial charge in [-0.3, -0.25) is 9.59 Å². The van der Waals surface area contributed by atoms with Gasteiger partial charge in [0.1, 0.15) is 5.82 Å². The van der Waals surface area contributed by atoms with Gasteiger partial charge in [-0.25, -0.2) is 4.39 Å². The number of nitrogens with one attached hydrogen (secondary N) is 1. The van der Waals surface area contributed by atoms with Crippen LogP contribution in [0.3, 0.4) is 0 Å². The van der Waals surface area contributed by atoms with E-state index in [0.717, 1.165) is 6.42 Å². The molecule has 1 aliphatic rings. The number of amides is 1. The molecule has 21 heavy (non-hydrogen) atoms. The highest BCUT2D eigenvalue weighted by Gasteiger charge is 2.45. The minimum atomic E-state index is -0.964. The van der Waals surface area contributed by atoms with Gasteiger partial charge in [-0.05, 0) is 31.9 Å². The summed E-state index contributed by atoms with van der Waals surface area (Å²) in [5, 5.41) is 12.2. The van der Waals surface area contributed by atoms with Gasteiger partial charge in [0.05, 0.1) is 11.8 Å². The fourth-order valence-electron chi connectivity index (χ4n) is 2.76. The Balaban J connectivity index is 2.07. The molecule has 1 aromatic rings. The monoisotopic (exact) mass is 313 g/mol. The van der Waals surface area contributed by atoms with Crippen molar-refractivity contribution in [2.75, 3.05) is 0 Å². The lowest BCUT2D eigenvalue weighted by atomic mass is 9.85. The number of carbonyl (C=O) groups is 2. The van der Waals surface area contributed by atoms with Crippen molar-refractivity contribution >= 4 is 23.5 Å². The molecule has 0 aromatic heterocycles. The smallest absolute Gasteiger partial charge is 0.311 e. The summed E-state index contributed by atoms with van der Waals surface area (Å²) in [5.74, 6) is -1.87. The van der Waals surface area contributed by atoms with Crippen LogP contribution in [0.1, 0.15) is 31.7 Å². The number of aliphatic carboxylic acids is 1. The van der Waals surface area contributed by atoms with E-state index >= 15 is 0 Å². The highest BCUT2D eigenvalue weighted by Crippen LogP contribution is 2.38. The summed E-state index contributed by atoms with van der Waals surface area (Å²) in [6.07, 6.45) is 1.68. The van der Waals surface area contributed by atoms with E-state index in [-0.39, 0.29) is 17.0 Å². The molecule has 1 fully saturated rings. The number of halogens is 2. The third-order valence-electron chi connectivity index (χ3n) is 4.18. The number of carboxylic acid groups (broad SMARTS) is 1. The zero-order valence-electron chi connectivity index (χ0n) is 11.7. The van der Waals surface area contributed by atoms with Crippen molar-refractivity contribution in [3.8, 4) is 0 Å². The van der Waals surface area contributed by atoms with Crippen molar-refractivity contribution in [2.24, 2.45) is 5.41 Å². The number of benzene rings is 1. The van der Waals surface area contributed by atoms with E-state index in [4.69, 9.17) is 11.6 Å². The molecule has 1 amide bonds. The fraction of sp³-hybridized carbons (Fsp3) is 0.467. The highest BCUT2D eigenvalue weighted by atomic mass is 35.5. The average molecular weight is 314 g/mol. The molecular weight excluding hydrogens is 297 g/mol. The van der Waals surface area contributed by atoms with Gasteiger partial charge in [0.2, 0.25) is 5.91 Å². The fourth-order valence-corrected chi connectivity index (χ4v) is 2.99. The molecule has 0 aliphatic heterocycles. The Labute approximate surface area is 127 Å². The Morgan fingerprint density at radius 1 is 1.52 bits per heavy atom. The number of carboxylic acids is 1. The summed E-state index contributed by atoms with van der Waals surface area (Å²) < 4.78 is 13.6. The molecule has 2 unspecified atom stereocenters. The molecule has 2 rings (SSSR count). The first kappa shape index (κ1) is 15.8. The van der Waals surface area contributed by atoms with Crippen LogP contribution >= 0.6 is 11.6 Å². The van der Waals surface area contributed by atoms with Gasteiger partial charge in [0.25, 0.3) is 0 Å². The largest absolute Gasteiger partial charge is 0.481 e. The van der Waals surface area contributed by atoms with Gasteiger partial charge in [-0.1, -0.05) is 24.1 Å². The molecule has 1 aromatic carbocycles. The lowest BCUT2D eigenvalue weighted by Gasteiger charge is -2.27. The Kier molecular flexibility index (Phi) is 4.52. The predicted octanol–water partition coefficient (Wildman–Crippen LogP) is 2.78. The van der Waals surface area contributed by atoms with Crippen LogP contribution in [0.2, 0.25) is 5.02 Å². The third-order valence-corrected chi connectivity index (χ3v) is 4.53. The van der Waals surface area contributed by atoms with Gasteiger partial charge in [-0.15, -0.1) is 0 Å². The summed E-state index contributed by atoms with van der Waals surface area (Å²) in [7, 11) is 0. The summed E-state index contributed by atoms with van der Waals surface area (Å²) in [6.45, 7) is 1.63. The van der Waals surface area contributed by atoms with Gasteiger partial charge < -0.3 is 10.4 Å². The first-order valence-electron chi connectivity index (χ1n) is 6.80. The van der Waals surface area contributed by atoms with E-state index in [1.165, 1.54) is 18.2 Å². The average Bonchev–Trinajstić information content (AvgIpc) is 2.77. The summed E-state index contributed by atoms with van der Waals surface area (Å²) in [5.41, 5.74) is -0.832. The molecular formula is C15H17ClFNO3. The zero-order chi connectivity index (χ0) is 15.6. The van der Waals surface area contributed by atoms with Gasteiger partial charge in [0.15, 0.2) is 0 Å². The van der Waals surface area contributed by atoms with Crippen LogP contribution in [0, 0.1) is 11.2 Å². The second kappa shape index (κ2) is 6.02. The summed E-state index contributed by atoms with van der Waals surface area (Å²) >= 11 is 5.88. The molecule has 1 saturated carbocycles. The molecule has 0 radical (unpaired) electrons. The zero-order valence-corrected chi connectivity index (χ0v) is 12.4. The van der Waals surface area contributed by atoms with Crippen molar-refractivity contribution in [1.82, 2.24) is 5.32 Å². The molecule has 0 saturated heterocycles. The first-order chi connectivity index (χ1) is 9.84. The molecule has 0 bridgehead atoms. The van der Waals surface area contributed by atoms with Gasteiger partial charge in [0, 0.05) is 16.6 Å². The van der Waals surface area contributed by atoms with E-state index in [1.54, 1.807) is 6.92 Å². The van der Waals surface area contributed by atoms with Crippen LogP contribution in [0.5, 0.6) is 0 Å². The summed E-state index contributed by atoms with van der Waals surface area (Å²) in [6, 6.07) is 3.79. The second-order valence-corrected chi connectivity index (χ2v) is 6.02. The minimum Gasteiger partial charge on any atom is -0.481 e. The molecule has 0 heterocycles. The van der Waals surface area contributed by atoms with E-state index in [0.29, 0.717) is 12.8 Å². The van der Waals surface area contributed by atoms with Gasteiger partial charge in [-0.2, -0.15) is 0 Å². The molecule has 1 aliphatic carbocycles. The number of hydrogen-bond acceptors (Lipinski definition) is 2. The van der Waals surface area contributed by atoms with Crippen LogP contribution in [-0.2, 0) is 16.0 Å². The molecule has 2 atom stereocenters. The lowest BCUT2D eigenvalue weighted by Crippen LogP contribution is -2.47. The van der Waals surface area contributed by atoms with Crippen molar-refractivity contribution in [2.45, 2.75) is 38.6 Å². The molecule has 6 heteroatoms. The quantitative estimate of drug-likeness (QED) is 0.898. The minimum absolute atomic E-state index is 0.131. The predicted molar refractivity (Wildman–Crippen MR) is 76.6 cm³/mol. The third kappa shape index (κ3) is 3.18. The molecule has 2 N–H and O–H groups in total. The topological polar surface area (TPSA) is 66.4 Å². The molecule has 4 nitrogen and oxygen atoms in total. The van der Waals surface area contributed by atoms with Crippen LogP contribution < -0.4 is 5.32 Å². The standard InChI is InChI=1S/C15H17ClFNO3/c1-15(14(20)21)7-3-6-12(15)18-13(19)8-9-10(16)4-2-5-11(9)17/h2,4-5,12H,3,6-8H2,1H3,(H,18,19)(H,20,21).